The second kappa shape index (κ2) is 25.6. The Bertz CT molecular complexity index is 2030. The number of cyclic esters (lactones) is 2. The highest BCUT2D eigenvalue weighted by Crippen LogP contribution is 2.22. The normalized spacial score (nSPS) is 25.2. The number of nitrogens with one attached hydrogen (secondary N) is 4. The number of hydrogen-bond donors (Lipinski definition) is 5. The summed E-state index contributed by atoms with van der Waals surface area (Å²) < 4.78 is 22.9. The summed E-state index contributed by atoms with van der Waals surface area (Å²) in [6.07, 6.45) is -7.68. The lowest BCUT2D eigenvalue weighted by Gasteiger charge is -2.38. The molecule has 22 nitrogen and oxygen atoms in total. The lowest BCUT2D eigenvalue weighted by Crippen LogP contribution is -2.63. The van der Waals surface area contributed by atoms with Crippen molar-refractivity contribution in [3.05, 3.63) is 48.2 Å². The minimum Gasteiger partial charge on any atom is -0.458 e. The molecule has 22 heteroatoms. The van der Waals surface area contributed by atoms with Crippen molar-refractivity contribution < 1.29 is 72.0 Å². The lowest BCUT2D eigenvalue weighted by atomic mass is 9.95. The van der Waals surface area contributed by atoms with Gasteiger partial charge in [0.1, 0.15) is 36.0 Å². The van der Waals surface area contributed by atoms with Crippen molar-refractivity contribution in [2.45, 2.75) is 142 Å². The number of aliphatic hydroxyl groups is 1. The Hall–Kier alpha value is -6.42. The third-order valence-electron chi connectivity index (χ3n) is 11.5. The maximum atomic E-state index is 14.9. The van der Waals surface area contributed by atoms with Gasteiger partial charge in [-0.05, 0) is 45.1 Å². The van der Waals surface area contributed by atoms with Crippen molar-refractivity contribution in [3.8, 4) is 0 Å². The molecule has 5 N–H and O–H groups in total. The van der Waals surface area contributed by atoms with Gasteiger partial charge < -0.3 is 60.0 Å². The third kappa shape index (κ3) is 15.3. The van der Waals surface area contributed by atoms with Crippen LogP contribution in [-0.4, -0.2) is 174 Å². The molecule has 0 aliphatic carbocycles. The van der Waals surface area contributed by atoms with Crippen LogP contribution < -0.4 is 21.3 Å². The van der Waals surface area contributed by atoms with E-state index in [0.29, 0.717) is 5.56 Å². The summed E-state index contributed by atoms with van der Waals surface area (Å²) in [4.78, 5) is 140. The van der Waals surface area contributed by atoms with E-state index in [1.807, 2.05) is 0 Å². The summed E-state index contributed by atoms with van der Waals surface area (Å²) in [7, 11) is 4.83. The van der Waals surface area contributed by atoms with E-state index in [4.69, 9.17) is 18.9 Å². The SMILES string of the molecule is C=C1C(=O)N[C@@H](C)C(=O)N(C)[C@@H](C)C(=O)N[C@@H]([C@H](OC(=O)[C@@H](NC(C)=O)[C@H](O)C(C)C)C(C)C)C(=O)N(C)[C@@H]([C@@H](C)OC)C(=O)O[C@H](C)[C@H](NC(C)=O)C(=O)OC(Cc2ccccc2)C(=O)N1C. The van der Waals surface area contributed by atoms with Gasteiger partial charge in [0.2, 0.25) is 29.5 Å². The first-order valence-corrected chi connectivity index (χ1v) is 22.1. The number of carbonyl (C=O) groups is 10. The Labute approximate surface area is 397 Å². The highest BCUT2D eigenvalue weighted by molar-refractivity contribution is 6.01. The van der Waals surface area contributed by atoms with Gasteiger partial charge in [0.25, 0.3) is 11.8 Å². The van der Waals surface area contributed by atoms with E-state index in [9.17, 15) is 53.1 Å². The first-order chi connectivity index (χ1) is 31.6. The number of esters is 3. The molecule has 1 unspecified atom stereocenters. The zero-order valence-electron chi connectivity index (χ0n) is 41.3. The van der Waals surface area contributed by atoms with Gasteiger partial charge in [-0.1, -0.05) is 64.6 Å². The Balaban J connectivity index is 2.89. The van der Waals surface area contributed by atoms with E-state index in [2.05, 4.69) is 27.8 Å². The molecule has 1 saturated heterocycles. The first kappa shape index (κ1) is 57.7. The Kier molecular flexibility index (Phi) is 21.8. The Morgan fingerprint density at radius 1 is 0.809 bits per heavy atom. The molecular weight excluding hydrogens is 891 g/mol. The number of methoxy groups -OCH3 is 1. The van der Waals surface area contributed by atoms with Crippen molar-refractivity contribution in [1.82, 2.24) is 36.0 Å². The zero-order chi connectivity index (χ0) is 52.1. The summed E-state index contributed by atoms with van der Waals surface area (Å²) in [6.45, 7) is 17.5. The quantitative estimate of drug-likeness (QED) is 0.0989. The monoisotopic (exact) mass is 959 g/mol. The summed E-state index contributed by atoms with van der Waals surface area (Å²) >= 11 is 0. The predicted octanol–water partition coefficient (Wildman–Crippen LogP) is -0.649. The summed E-state index contributed by atoms with van der Waals surface area (Å²) in [5.41, 5.74) is 0.0526. The molecular formula is C46H69N7O15. The van der Waals surface area contributed by atoms with E-state index < -0.39 is 144 Å². The van der Waals surface area contributed by atoms with Crippen LogP contribution in [0.1, 0.15) is 74.8 Å². The minimum atomic E-state index is -1.86. The molecule has 0 bridgehead atoms. The molecule has 1 aromatic carbocycles. The van der Waals surface area contributed by atoms with E-state index >= 15 is 0 Å². The van der Waals surface area contributed by atoms with Gasteiger partial charge >= 0.3 is 17.9 Å². The molecule has 7 amide bonds. The Morgan fingerprint density at radius 2 is 1.40 bits per heavy atom. The van der Waals surface area contributed by atoms with Crippen LogP contribution in [0.3, 0.4) is 0 Å². The molecule has 378 valence electrons. The molecule has 1 aliphatic heterocycles. The molecule has 2 rings (SSSR count). The number of likely N-dealkylation sites (N-methyl/N-ethyl adjacent to an activating group) is 3. The fraction of sp³-hybridized carbons (Fsp3) is 0.609. The van der Waals surface area contributed by atoms with E-state index in [1.54, 1.807) is 58.0 Å². The Morgan fingerprint density at radius 3 is 1.91 bits per heavy atom. The number of rotatable bonds is 12. The minimum absolute atomic E-state index is 0.231. The largest absolute Gasteiger partial charge is 0.458 e. The predicted molar refractivity (Wildman–Crippen MR) is 243 cm³/mol. The fourth-order valence-corrected chi connectivity index (χ4v) is 7.04. The van der Waals surface area contributed by atoms with Crippen LogP contribution in [0.2, 0.25) is 0 Å². The van der Waals surface area contributed by atoms with Gasteiger partial charge in [-0.25, -0.2) is 14.4 Å². The van der Waals surface area contributed by atoms with Crippen LogP contribution >= 0.6 is 0 Å². The van der Waals surface area contributed by atoms with Gasteiger partial charge in [-0.3, -0.25) is 33.6 Å². The average molecular weight is 960 g/mol. The van der Waals surface area contributed by atoms with Crippen LogP contribution in [0.25, 0.3) is 0 Å². The molecule has 11 atom stereocenters. The number of amides is 7. The standard InChI is InChI=1S/C46H69N7O15/c1-22(2)37(56)34(49-30(11)55)45(63)68-38(23(3)4)35-43(61)53(14)36(28(9)65-15)46(64)66-27(8)33(48-29(10)54)44(62)67-32(21-31-19-17-16-18-20-31)42(60)52(13)25(6)39(57)47-24(5)41(59)51(12)26(7)40(58)50-35/h16-20,22-24,26-28,32-38,56H,6,21H2,1-5,7-15H3,(H,47,57)(H,48,54)(H,49,55)(H,50,58)/t24-,26-,27+,28+,32?,33-,34-,35-,36-,37+,38+/m0/s1. The second-order valence-corrected chi connectivity index (χ2v) is 17.5. The van der Waals surface area contributed by atoms with Crippen molar-refractivity contribution in [2.24, 2.45) is 11.8 Å². The summed E-state index contributed by atoms with van der Waals surface area (Å²) in [6, 6.07) is -1.31. The summed E-state index contributed by atoms with van der Waals surface area (Å²) in [5.74, 6) is -11.2. The zero-order valence-corrected chi connectivity index (χ0v) is 41.3. The second-order valence-electron chi connectivity index (χ2n) is 17.5. The number of carbonyl (C=O) groups excluding carboxylic acids is 10. The van der Waals surface area contributed by atoms with Gasteiger partial charge in [0, 0.05) is 48.5 Å². The maximum Gasteiger partial charge on any atom is 0.333 e. The van der Waals surface area contributed by atoms with Crippen LogP contribution in [0.15, 0.2) is 42.6 Å². The number of ether oxygens (including phenoxy) is 4. The number of nitrogens with zero attached hydrogens (tertiary/aromatic N) is 3. The molecule has 68 heavy (non-hydrogen) atoms. The molecule has 1 aliphatic rings. The van der Waals surface area contributed by atoms with Crippen molar-refractivity contribution >= 4 is 59.3 Å². The third-order valence-corrected chi connectivity index (χ3v) is 11.5. The number of hydrogen-bond acceptors (Lipinski definition) is 15. The smallest absolute Gasteiger partial charge is 0.333 e. The van der Waals surface area contributed by atoms with Crippen molar-refractivity contribution in [2.75, 3.05) is 28.3 Å². The van der Waals surface area contributed by atoms with E-state index in [-0.39, 0.29) is 6.42 Å². The van der Waals surface area contributed by atoms with Crippen molar-refractivity contribution in [3.63, 3.8) is 0 Å². The van der Waals surface area contributed by atoms with Gasteiger partial charge in [0.05, 0.1) is 12.2 Å². The number of aliphatic hydroxyl groups excluding tert-OH is 1. The van der Waals surface area contributed by atoms with Crippen LogP contribution in [-0.2, 0) is 73.3 Å². The first-order valence-electron chi connectivity index (χ1n) is 22.1. The maximum absolute atomic E-state index is 14.9. The van der Waals surface area contributed by atoms with Crippen LogP contribution in [0, 0.1) is 11.8 Å². The van der Waals surface area contributed by atoms with Crippen LogP contribution in [0.4, 0.5) is 0 Å². The van der Waals surface area contributed by atoms with E-state index in [1.165, 1.54) is 55.9 Å². The molecule has 0 radical (unpaired) electrons. The topological polar surface area (TPSA) is 286 Å². The highest BCUT2D eigenvalue weighted by Gasteiger charge is 2.46. The van der Waals surface area contributed by atoms with Crippen LogP contribution in [0.5, 0.6) is 0 Å². The van der Waals surface area contributed by atoms with Gasteiger partial charge in [0.15, 0.2) is 24.2 Å². The molecule has 0 saturated carbocycles. The van der Waals surface area contributed by atoms with Gasteiger partial charge in [-0.15, -0.1) is 0 Å². The molecule has 1 heterocycles. The number of benzene rings is 1. The fourth-order valence-electron chi connectivity index (χ4n) is 7.04. The average Bonchev–Trinajstić information content (AvgIpc) is 3.27. The van der Waals surface area contributed by atoms with E-state index in [0.717, 1.165) is 28.5 Å². The lowest BCUT2D eigenvalue weighted by molar-refractivity contribution is -0.174. The molecule has 1 aromatic rings. The molecule has 1 fully saturated rings. The molecule has 0 aromatic heterocycles. The highest BCUT2D eigenvalue weighted by atomic mass is 16.6. The summed E-state index contributed by atoms with van der Waals surface area (Å²) in [5, 5.41) is 20.7. The molecule has 0 spiro atoms. The van der Waals surface area contributed by atoms with Gasteiger partial charge in [-0.2, -0.15) is 0 Å². The van der Waals surface area contributed by atoms with Crippen molar-refractivity contribution in [1.29, 1.82) is 0 Å².